The lowest BCUT2D eigenvalue weighted by molar-refractivity contribution is -0.936. The van der Waals surface area contributed by atoms with Crippen LogP contribution in [0.15, 0.2) is 60.8 Å². The number of pyridine rings is 1. The Morgan fingerprint density at radius 2 is 1.64 bits per heavy atom. The Balaban J connectivity index is 0.00000361. The van der Waals surface area contributed by atoms with Crippen molar-refractivity contribution < 1.29 is 21.6 Å². The molecule has 4 aromatic rings. The Labute approximate surface area is 221 Å². The van der Waals surface area contributed by atoms with Gasteiger partial charge in [0.05, 0.1) is 30.7 Å². The molecule has 0 atom stereocenters. The van der Waals surface area contributed by atoms with Crippen molar-refractivity contribution in [1.29, 1.82) is 0 Å². The number of ether oxygens (including phenoxy) is 1. The van der Waals surface area contributed by atoms with Gasteiger partial charge in [-0.2, -0.15) is 0 Å². The van der Waals surface area contributed by atoms with E-state index in [4.69, 9.17) is 9.72 Å². The number of quaternary nitrogens is 1. The molecule has 0 aliphatic carbocycles. The van der Waals surface area contributed by atoms with E-state index in [9.17, 15) is 0 Å². The number of para-hydroxylation sites is 2. The Morgan fingerprint density at radius 3 is 2.33 bits per heavy atom. The molecule has 2 aromatic carbocycles. The number of aromatic nitrogens is 3. The molecule has 0 aliphatic rings. The summed E-state index contributed by atoms with van der Waals surface area (Å²) in [6, 6.07) is 18.3. The van der Waals surface area contributed by atoms with Crippen molar-refractivity contribution in [1.82, 2.24) is 15.0 Å². The summed E-state index contributed by atoms with van der Waals surface area (Å²) < 4.78 is 7.38. The molecular weight excluding hydrogens is 470 g/mol. The highest BCUT2D eigenvalue weighted by Crippen LogP contribution is 2.36. The van der Waals surface area contributed by atoms with Crippen LogP contribution in [0, 0.1) is 0 Å². The van der Waals surface area contributed by atoms with Crippen LogP contribution in [0.5, 0.6) is 11.6 Å². The minimum absolute atomic E-state index is 0. The zero-order valence-electron chi connectivity index (χ0n) is 22.2. The van der Waals surface area contributed by atoms with Crippen LogP contribution in [0.25, 0.3) is 11.0 Å². The highest BCUT2D eigenvalue weighted by atomic mass is 35.5. The maximum atomic E-state index is 6.33. The first kappa shape index (κ1) is 27.5. The second kappa shape index (κ2) is 11.3. The van der Waals surface area contributed by atoms with E-state index >= 15 is 0 Å². The van der Waals surface area contributed by atoms with Gasteiger partial charge in [-0.1, -0.05) is 51.1 Å². The Hall–Kier alpha value is -3.09. The predicted molar refractivity (Wildman–Crippen MR) is 144 cm³/mol. The minimum atomic E-state index is -0.0443. The number of rotatable bonds is 9. The smallest absolute Gasteiger partial charge is 0.243 e. The summed E-state index contributed by atoms with van der Waals surface area (Å²) in [5.74, 6) is 2.00. The molecule has 7 heteroatoms. The minimum Gasteiger partial charge on any atom is -1.00 e. The molecule has 0 fully saturated rings. The molecule has 36 heavy (non-hydrogen) atoms. The van der Waals surface area contributed by atoms with E-state index in [-0.39, 0.29) is 17.8 Å². The molecule has 0 aliphatic heterocycles. The number of nitrogens with one attached hydrogen (secondary N) is 2. The van der Waals surface area contributed by atoms with Crippen LogP contribution in [-0.4, -0.2) is 39.1 Å². The molecule has 0 saturated heterocycles. The van der Waals surface area contributed by atoms with Crippen molar-refractivity contribution in [3.63, 3.8) is 0 Å². The molecule has 6 nitrogen and oxygen atoms in total. The number of nitrogens with zero attached hydrogens (tertiary/aromatic N) is 3. The summed E-state index contributed by atoms with van der Waals surface area (Å²) in [5.41, 5.74) is 5.17. The number of benzene rings is 2. The van der Waals surface area contributed by atoms with Crippen molar-refractivity contribution in [2.75, 3.05) is 25.0 Å². The highest BCUT2D eigenvalue weighted by Gasteiger charge is 2.23. The van der Waals surface area contributed by atoms with Gasteiger partial charge in [0.25, 0.3) is 0 Å². The first-order chi connectivity index (χ1) is 16.8. The second-order valence-electron chi connectivity index (χ2n) is 10.2. The first-order valence-corrected chi connectivity index (χ1v) is 12.6. The third-order valence-electron chi connectivity index (χ3n) is 7.05. The van der Waals surface area contributed by atoms with E-state index in [1.165, 1.54) is 5.56 Å². The monoisotopic (exact) mass is 507 g/mol. The Bertz CT molecular complexity index is 1280. The van der Waals surface area contributed by atoms with Gasteiger partial charge < -0.3 is 31.9 Å². The van der Waals surface area contributed by atoms with Gasteiger partial charge in [-0.15, -0.1) is 0 Å². The molecular formula is C29H38ClN5O. The fraction of sp³-hybridized carbons (Fsp3) is 0.379. The van der Waals surface area contributed by atoms with Crippen LogP contribution >= 0.6 is 0 Å². The van der Waals surface area contributed by atoms with Crippen molar-refractivity contribution in [3.8, 4) is 11.6 Å². The zero-order valence-corrected chi connectivity index (χ0v) is 23.0. The predicted octanol–water partition coefficient (Wildman–Crippen LogP) is 4.17. The molecule has 0 bridgehead atoms. The fourth-order valence-electron chi connectivity index (χ4n) is 4.62. The van der Waals surface area contributed by atoms with Crippen LogP contribution in [-0.2, 0) is 12.0 Å². The molecule has 2 aromatic heterocycles. The van der Waals surface area contributed by atoms with E-state index in [0.717, 1.165) is 58.7 Å². The number of hydrogen-bond acceptors (Lipinski definition) is 4. The molecule has 2 heterocycles. The maximum Gasteiger partial charge on any atom is 0.243 e. The van der Waals surface area contributed by atoms with Gasteiger partial charge >= 0.3 is 0 Å². The number of halogens is 1. The van der Waals surface area contributed by atoms with Gasteiger partial charge in [-0.3, -0.25) is 0 Å². The molecule has 0 unspecified atom stereocenters. The summed E-state index contributed by atoms with van der Waals surface area (Å²) in [7, 11) is 0. The number of fused-ring (bicyclic) bond motifs is 1. The molecule has 4 rings (SSSR count). The number of hydrogen-bond donors (Lipinski definition) is 2. The normalized spacial score (nSPS) is 11.8. The lowest BCUT2D eigenvalue weighted by Gasteiger charge is -2.36. The molecule has 0 amide bonds. The number of H-pyrrole nitrogens is 1. The Kier molecular flexibility index (Phi) is 8.64. The van der Waals surface area contributed by atoms with Crippen molar-refractivity contribution >= 4 is 22.7 Å². The highest BCUT2D eigenvalue weighted by molar-refractivity contribution is 5.82. The first-order valence-electron chi connectivity index (χ1n) is 12.6. The van der Waals surface area contributed by atoms with E-state index in [0.29, 0.717) is 11.8 Å². The molecule has 2 N–H and O–H groups in total. The van der Waals surface area contributed by atoms with Crippen molar-refractivity contribution in [2.24, 2.45) is 0 Å². The lowest BCUT2D eigenvalue weighted by atomic mass is 9.86. The van der Waals surface area contributed by atoms with Gasteiger partial charge in [0.2, 0.25) is 11.8 Å². The molecule has 0 spiro atoms. The van der Waals surface area contributed by atoms with Crippen LogP contribution in [0.4, 0.5) is 11.6 Å². The summed E-state index contributed by atoms with van der Waals surface area (Å²) in [6.45, 7) is 17.7. The molecule has 0 radical (unpaired) electrons. The van der Waals surface area contributed by atoms with Crippen LogP contribution in [0.2, 0.25) is 0 Å². The number of anilines is 2. The average molecular weight is 508 g/mol. The number of aromatic amines is 1. The van der Waals surface area contributed by atoms with E-state index in [1.807, 2.05) is 30.3 Å². The fourth-order valence-corrected chi connectivity index (χ4v) is 4.62. The van der Waals surface area contributed by atoms with Crippen molar-refractivity contribution in [2.45, 2.75) is 53.5 Å². The van der Waals surface area contributed by atoms with E-state index in [2.05, 4.69) is 81.1 Å². The molecule has 192 valence electrons. The number of imidazole rings is 1. The second-order valence-corrected chi connectivity index (χ2v) is 10.2. The third-order valence-corrected chi connectivity index (χ3v) is 7.05. The SMILES string of the molecule is CC[N+](CC)(CC)Cc1cccc2nc(Nc3cccnc3Oc3ccccc3C(C)(C)C)[nH]c12.[Cl-]. The average Bonchev–Trinajstić information content (AvgIpc) is 3.27. The van der Waals surface area contributed by atoms with Gasteiger partial charge in [-0.25, -0.2) is 9.97 Å². The van der Waals surface area contributed by atoms with Crippen LogP contribution in [0.3, 0.4) is 0 Å². The zero-order chi connectivity index (χ0) is 25.1. The lowest BCUT2D eigenvalue weighted by Crippen LogP contribution is -3.00. The van der Waals surface area contributed by atoms with Gasteiger partial charge in [0, 0.05) is 17.3 Å². The van der Waals surface area contributed by atoms with Gasteiger partial charge in [-0.05, 0) is 50.5 Å². The van der Waals surface area contributed by atoms with E-state index < -0.39 is 0 Å². The van der Waals surface area contributed by atoms with E-state index in [1.54, 1.807) is 6.20 Å². The maximum absolute atomic E-state index is 6.33. The quantitative estimate of drug-likeness (QED) is 0.334. The summed E-state index contributed by atoms with van der Waals surface area (Å²) >= 11 is 0. The summed E-state index contributed by atoms with van der Waals surface area (Å²) in [6.07, 6.45) is 1.74. The largest absolute Gasteiger partial charge is 1.00 e. The topological polar surface area (TPSA) is 62.8 Å². The van der Waals surface area contributed by atoms with Crippen LogP contribution < -0.4 is 22.5 Å². The van der Waals surface area contributed by atoms with Crippen LogP contribution in [0.1, 0.15) is 52.7 Å². The van der Waals surface area contributed by atoms with Crippen molar-refractivity contribution in [3.05, 3.63) is 71.9 Å². The summed E-state index contributed by atoms with van der Waals surface area (Å²) in [5, 5.41) is 3.41. The molecule has 0 saturated carbocycles. The van der Waals surface area contributed by atoms with Gasteiger partial charge in [0.15, 0.2) is 0 Å². The van der Waals surface area contributed by atoms with Gasteiger partial charge in [0.1, 0.15) is 18.0 Å². The Morgan fingerprint density at radius 1 is 0.917 bits per heavy atom. The third kappa shape index (κ3) is 5.82. The standard InChI is InChI=1S/C29H38N5O.ClH/c1-7-34(8-2,9-3)20-21-14-12-16-23-26(21)33-28(31-23)32-24-17-13-19-30-27(24)35-25-18-11-10-15-22(25)29(4,5)6;/h10-19H,7-9,20H2,1-6H3,(H2,31,32,33);1H/q+1;/p-1. The summed E-state index contributed by atoms with van der Waals surface area (Å²) in [4.78, 5) is 12.9.